The monoisotopic (exact) mass is 175 g/mol. The highest BCUT2D eigenvalue weighted by molar-refractivity contribution is 6.11. The molecule has 4 N–H and O–H groups in total. The zero-order valence-electron chi connectivity index (χ0n) is 7.57. The van der Waals surface area contributed by atoms with Crippen molar-refractivity contribution in [3.05, 3.63) is 47.8 Å². The number of allylic oxidation sites excluding steroid dienone is 1. The Kier molecular flexibility index (Phi) is 3.09. The van der Waals surface area contributed by atoms with Crippen LogP contribution >= 0.6 is 0 Å². The standard InChI is InChI=1S/C10H13N3/c1-13-10(9(12)7-11)8-5-3-2-4-6-8/h2-7H,11-12H2,1H3/b9-7+,13-10?. The summed E-state index contributed by atoms with van der Waals surface area (Å²) >= 11 is 0. The van der Waals surface area contributed by atoms with E-state index >= 15 is 0 Å². The molecule has 0 saturated heterocycles. The van der Waals surface area contributed by atoms with E-state index in [9.17, 15) is 0 Å². The molecule has 0 heterocycles. The predicted molar refractivity (Wildman–Crippen MR) is 55.4 cm³/mol. The molecule has 0 atom stereocenters. The fourth-order valence-electron chi connectivity index (χ4n) is 1.10. The van der Waals surface area contributed by atoms with Gasteiger partial charge in [-0.05, 0) is 0 Å². The molecule has 0 bridgehead atoms. The summed E-state index contributed by atoms with van der Waals surface area (Å²) in [5.41, 5.74) is 13.2. The van der Waals surface area contributed by atoms with Crippen LogP contribution in [0.4, 0.5) is 0 Å². The molecule has 13 heavy (non-hydrogen) atoms. The number of nitrogens with zero attached hydrogens (tertiary/aromatic N) is 1. The van der Waals surface area contributed by atoms with Crippen LogP contribution in [-0.4, -0.2) is 12.8 Å². The molecular weight excluding hydrogens is 162 g/mol. The highest BCUT2D eigenvalue weighted by Gasteiger charge is 2.03. The van der Waals surface area contributed by atoms with Crippen molar-refractivity contribution in [1.29, 1.82) is 0 Å². The maximum absolute atomic E-state index is 5.67. The van der Waals surface area contributed by atoms with E-state index in [1.807, 2.05) is 30.3 Å². The number of rotatable bonds is 2. The molecule has 1 rings (SSSR count). The molecule has 1 aromatic rings. The van der Waals surface area contributed by atoms with E-state index < -0.39 is 0 Å². The summed E-state index contributed by atoms with van der Waals surface area (Å²) in [6, 6.07) is 9.70. The normalized spacial score (nSPS) is 13.0. The first-order valence-corrected chi connectivity index (χ1v) is 3.99. The van der Waals surface area contributed by atoms with Crippen molar-refractivity contribution in [1.82, 2.24) is 0 Å². The van der Waals surface area contributed by atoms with E-state index in [1.54, 1.807) is 7.05 Å². The maximum Gasteiger partial charge on any atom is 0.0887 e. The van der Waals surface area contributed by atoms with Crippen LogP contribution in [-0.2, 0) is 0 Å². The quantitative estimate of drug-likeness (QED) is 0.655. The first-order chi connectivity index (χ1) is 6.29. The Morgan fingerprint density at radius 2 is 1.92 bits per heavy atom. The Morgan fingerprint density at radius 1 is 1.31 bits per heavy atom. The van der Waals surface area contributed by atoms with Crippen LogP contribution in [0, 0.1) is 0 Å². The van der Waals surface area contributed by atoms with Crippen molar-refractivity contribution in [3.63, 3.8) is 0 Å². The van der Waals surface area contributed by atoms with E-state index in [2.05, 4.69) is 4.99 Å². The van der Waals surface area contributed by atoms with Gasteiger partial charge in [-0.15, -0.1) is 0 Å². The van der Waals surface area contributed by atoms with Gasteiger partial charge in [-0.3, -0.25) is 4.99 Å². The smallest absolute Gasteiger partial charge is 0.0887 e. The summed E-state index contributed by atoms with van der Waals surface area (Å²) in [6.07, 6.45) is 1.36. The van der Waals surface area contributed by atoms with Gasteiger partial charge in [0.05, 0.1) is 11.4 Å². The molecule has 3 nitrogen and oxygen atoms in total. The van der Waals surface area contributed by atoms with E-state index in [4.69, 9.17) is 11.5 Å². The summed E-state index contributed by atoms with van der Waals surface area (Å²) in [4.78, 5) is 4.07. The second kappa shape index (κ2) is 4.30. The molecule has 68 valence electrons. The molecule has 0 unspecified atom stereocenters. The lowest BCUT2D eigenvalue weighted by Crippen LogP contribution is -2.14. The van der Waals surface area contributed by atoms with Gasteiger partial charge < -0.3 is 11.5 Å². The minimum atomic E-state index is 0.494. The Morgan fingerprint density at radius 3 is 2.38 bits per heavy atom. The first kappa shape index (κ1) is 9.32. The fraction of sp³-hybridized carbons (Fsp3) is 0.100. The topological polar surface area (TPSA) is 64.4 Å². The van der Waals surface area contributed by atoms with Crippen molar-refractivity contribution >= 4 is 5.71 Å². The molecule has 0 aliphatic carbocycles. The average Bonchev–Trinajstić information content (AvgIpc) is 2.20. The molecule has 0 fully saturated rings. The molecule has 0 amide bonds. The number of nitrogens with two attached hydrogens (primary N) is 2. The van der Waals surface area contributed by atoms with Crippen LogP contribution in [0.1, 0.15) is 5.56 Å². The van der Waals surface area contributed by atoms with Crippen molar-refractivity contribution in [2.24, 2.45) is 16.5 Å². The zero-order valence-corrected chi connectivity index (χ0v) is 7.57. The van der Waals surface area contributed by atoms with Crippen LogP contribution in [0.5, 0.6) is 0 Å². The van der Waals surface area contributed by atoms with Gasteiger partial charge in [0.25, 0.3) is 0 Å². The van der Waals surface area contributed by atoms with Crippen molar-refractivity contribution < 1.29 is 0 Å². The van der Waals surface area contributed by atoms with Gasteiger partial charge in [0, 0.05) is 18.8 Å². The molecule has 0 saturated carbocycles. The SMILES string of the molecule is CN=C(/C(N)=C\N)c1ccccc1. The van der Waals surface area contributed by atoms with Crippen LogP contribution < -0.4 is 11.5 Å². The summed E-state index contributed by atoms with van der Waals surface area (Å²) < 4.78 is 0. The minimum Gasteiger partial charge on any atom is -0.403 e. The van der Waals surface area contributed by atoms with Crippen molar-refractivity contribution in [2.75, 3.05) is 7.05 Å². The van der Waals surface area contributed by atoms with Gasteiger partial charge in [0.1, 0.15) is 0 Å². The molecule has 0 radical (unpaired) electrons. The second-order valence-electron chi connectivity index (χ2n) is 2.56. The summed E-state index contributed by atoms with van der Waals surface area (Å²) in [6.45, 7) is 0. The lowest BCUT2D eigenvalue weighted by molar-refractivity contribution is 1.34. The van der Waals surface area contributed by atoms with Crippen LogP contribution in [0.25, 0.3) is 0 Å². The fourth-order valence-corrected chi connectivity index (χ4v) is 1.10. The van der Waals surface area contributed by atoms with Gasteiger partial charge in [0.15, 0.2) is 0 Å². The summed E-state index contributed by atoms with van der Waals surface area (Å²) in [7, 11) is 1.69. The lowest BCUT2D eigenvalue weighted by atomic mass is 10.1. The van der Waals surface area contributed by atoms with Gasteiger partial charge in [-0.1, -0.05) is 30.3 Å². The Labute approximate surface area is 77.8 Å². The van der Waals surface area contributed by atoms with E-state index in [1.165, 1.54) is 6.20 Å². The molecule has 0 spiro atoms. The van der Waals surface area contributed by atoms with Crippen LogP contribution in [0.2, 0.25) is 0 Å². The molecular formula is C10H13N3. The first-order valence-electron chi connectivity index (χ1n) is 3.99. The van der Waals surface area contributed by atoms with Crippen LogP contribution in [0.15, 0.2) is 47.2 Å². The average molecular weight is 175 g/mol. The largest absolute Gasteiger partial charge is 0.403 e. The Balaban J connectivity index is 3.07. The van der Waals surface area contributed by atoms with Gasteiger partial charge >= 0.3 is 0 Å². The molecule has 0 aliphatic rings. The van der Waals surface area contributed by atoms with E-state index in [0.29, 0.717) is 5.70 Å². The highest BCUT2D eigenvalue weighted by Crippen LogP contribution is 2.04. The second-order valence-corrected chi connectivity index (χ2v) is 2.56. The summed E-state index contributed by atoms with van der Waals surface area (Å²) in [5, 5.41) is 0. The van der Waals surface area contributed by atoms with Crippen LogP contribution in [0.3, 0.4) is 0 Å². The summed E-state index contributed by atoms with van der Waals surface area (Å²) in [5.74, 6) is 0. The van der Waals surface area contributed by atoms with Gasteiger partial charge in [-0.25, -0.2) is 0 Å². The third-order valence-corrected chi connectivity index (χ3v) is 1.72. The number of benzene rings is 1. The van der Waals surface area contributed by atoms with Crippen molar-refractivity contribution in [3.8, 4) is 0 Å². The molecule has 3 heteroatoms. The maximum atomic E-state index is 5.67. The highest BCUT2D eigenvalue weighted by atomic mass is 14.8. The Bertz CT molecular complexity index is 325. The van der Waals surface area contributed by atoms with E-state index in [0.717, 1.165) is 11.3 Å². The number of hydrogen-bond acceptors (Lipinski definition) is 3. The Hall–Kier alpha value is -1.77. The van der Waals surface area contributed by atoms with E-state index in [-0.39, 0.29) is 0 Å². The van der Waals surface area contributed by atoms with Gasteiger partial charge in [-0.2, -0.15) is 0 Å². The minimum absolute atomic E-state index is 0.494. The molecule has 1 aromatic carbocycles. The molecule has 0 aliphatic heterocycles. The third-order valence-electron chi connectivity index (χ3n) is 1.72. The van der Waals surface area contributed by atoms with Crippen molar-refractivity contribution in [2.45, 2.75) is 0 Å². The predicted octanol–water partition coefficient (Wildman–Crippen LogP) is 0.864. The molecule has 0 aromatic heterocycles. The third kappa shape index (κ3) is 2.08. The zero-order chi connectivity index (χ0) is 9.68. The number of aliphatic imine (C=N–C) groups is 1. The lowest BCUT2D eigenvalue weighted by Gasteiger charge is -2.04. The number of hydrogen-bond donors (Lipinski definition) is 2. The van der Waals surface area contributed by atoms with Gasteiger partial charge in [0.2, 0.25) is 0 Å².